The number of phenols is 1. The monoisotopic (exact) mass is 206 g/mol. The molecule has 1 aromatic rings. The molecule has 0 saturated heterocycles. The van der Waals surface area contributed by atoms with Gasteiger partial charge in [0.2, 0.25) is 0 Å². The Morgan fingerprint density at radius 1 is 1.45 bits per heavy atom. The van der Waals surface area contributed by atoms with Gasteiger partial charge in [-0.15, -0.1) is 0 Å². The highest BCUT2D eigenvalue weighted by Gasteiger charge is 2.05. The van der Waals surface area contributed by atoms with Crippen LogP contribution in [0.3, 0.4) is 0 Å². The fourth-order valence-electron chi connectivity index (χ4n) is 0.837. The molecular weight excluding hydrogens is 202 g/mol. The summed E-state index contributed by atoms with van der Waals surface area (Å²) in [7, 11) is 10.9. The molecule has 0 atom stereocenters. The number of halogens is 1. The number of aryl methyl sites for hydroxylation is 1. The molecule has 4 heteroatoms. The van der Waals surface area contributed by atoms with Crippen LogP contribution in [0.5, 0.6) is 5.75 Å². The van der Waals surface area contributed by atoms with Gasteiger partial charge in [0.15, 0.2) is 0 Å². The molecule has 11 heavy (non-hydrogen) atoms. The van der Waals surface area contributed by atoms with Gasteiger partial charge in [0.1, 0.15) is 21.4 Å². The van der Waals surface area contributed by atoms with Crippen molar-refractivity contribution in [2.45, 2.75) is 6.92 Å². The summed E-state index contributed by atoms with van der Waals surface area (Å²) in [6.07, 6.45) is 0. The average Bonchev–Trinajstić information content (AvgIpc) is 1.97. The van der Waals surface area contributed by atoms with Crippen molar-refractivity contribution in [3.63, 3.8) is 0 Å². The molecule has 1 N–H and O–H groups in total. The first-order chi connectivity index (χ1) is 5.04. The summed E-state index contributed by atoms with van der Waals surface area (Å²) in [5.74, 6) is -0.0533. The van der Waals surface area contributed by atoms with Gasteiger partial charge in [-0.3, -0.25) is 0 Å². The highest BCUT2D eigenvalue weighted by atomic mass is 79.9. The van der Waals surface area contributed by atoms with Crippen molar-refractivity contribution >= 4 is 42.5 Å². The van der Waals surface area contributed by atoms with E-state index in [4.69, 9.17) is 15.7 Å². The minimum atomic E-state index is -0.0533. The molecule has 1 aromatic carbocycles. The van der Waals surface area contributed by atoms with Crippen molar-refractivity contribution in [1.29, 1.82) is 0 Å². The van der Waals surface area contributed by atoms with Crippen molar-refractivity contribution in [2.24, 2.45) is 0 Å². The van der Waals surface area contributed by atoms with Crippen molar-refractivity contribution in [2.75, 3.05) is 0 Å². The fourth-order valence-corrected chi connectivity index (χ4v) is 1.14. The number of benzene rings is 1. The molecule has 52 valence electrons. The van der Waals surface area contributed by atoms with Gasteiger partial charge in [0.05, 0.1) is 0 Å². The minimum absolute atomic E-state index is 0.0533. The van der Waals surface area contributed by atoms with Crippen molar-refractivity contribution in [3.05, 3.63) is 16.1 Å². The third-order valence-electron chi connectivity index (χ3n) is 1.48. The Balaban J connectivity index is 3.46. The standard InChI is InChI=1S/C7H5B2BrO/c1-3-2-4(8)7(11)5(9)6(3)10/h2,11H,1H3. The first-order valence-electron chi connectivity index (χ1n) is 3.07. The number of rotatable bonds is 0. The highest BCUT2D eigenvalue weighted by Crippen LogP contribution is 2.15. The largest absolute Gasteiger partial charge is 0.509 e. The maximum absolute atomic E-state index is 9.23. The SMILES string of the molecule is [B]c1cc(C)c(Br)c([B])c1O. The molecule has 0 aliphatic carbocycles. The number of phenolic OH excluding ortho intramolecular Hbond substituents is 1. The Hall–Kier alpha value is -0.370. The van der Waals surface area contributed by atoms with Gasteiger partial charge in [0.25, 0.3) is 0 Å². The minimum Gasteiger partial charge on any atom is -0.509 e. The maximum atomic E-state index is 9.23. The molecule has 0 amide bonds. The fraction of sp³-hybridized carbons (Fsp3) is 0.143. The average molecular weight is 207 g/mol. The van der Waals surface area contributed by atoms with Gasteiger partial charge in [-0.05, 0) is 17.9 Å². The lowest BCUT2D eigenvalue weighted by molar-refractivity contribution is 0.483. The zero-order chi connectivity index (χ0) is 8.59. The molecule has 0 fully saturated rings. The number of hydrogen-bond donors (Lipinski definition) is 1. The summed E-state index contributed by atoms with van der Waals surface area (Å²) >= 11 is 3.22. The third kappa shape index (κ3) is 1.45. The Labute approximate surface area is 76.8 Å². The second-order valence-electron chi connectivity index (χ2n) is 2.36. The van der Waals surface area contributed by atoms with Gasteiger partial charge < -0.3 is 5.11 Å². The maximum Gasteiger partial charge on any atom is 0.120 e. The van der Waals surface area contributed by atoms with Crippen LogP contribution in [-0.2, 0) is 0 Å². The summed E-state index contributed by atoms with van der Waals surface area (Å²) in [5, 5.41) is 9.23. The molecule has 0 aromatic heterocycles. The lowest BCUT2D eigenvalue weighted by Crippen LogP contribution is -2.17. The van der Waals surface area contributed by atoms with E-state index >= 15 is 0 Å². The van der Waals surface area contributed by atoms with Crippen LogP contribution >= 0.6 is 15.9 Å². The predicted molar refractivity (Wildman–Crippen MR) is 51.3 cm³/mol. The van der Waals surface area contributed by atoms with Crippen LogP contribution in [-0.4, -0.2) is 20.8 Å². The smallest absolute Gasteiger partial charge is 0.120 e. The van der Waals surface area contributed by atoms with E-state index in [0.717, 1.165) is 5.56 Å². The van der Waals surface area contributed by atoms with Crippen LogP contribution in [0.15, 0.2) is 10.5 Å². The predicted octanol–water partition coefficient (Wildman–Crippen LogP) is 0.0507. The number of hydrogen-bond acceptors (Lipinski definition) is 1. The van der Waals surface area contributed by atoms with Crippen LogP contribution in [0.2, 0.25) is 0 Å². The van der Waals surface area contributed by atoms with Gasteiger partial charge in [-0.2, -0.15) is 0 Å². The first kappa shape index (κ1) is 8.72. The van der Waals surface area contributed by atoms with E-state index in [0.29, 0.717) is 15.4 Å². The lowest BCUT2D eigenvalue weighted by Gasteiger charge is -2.08. The van der Waals surface area contributed by atoms with Crippen LogP contribution in [0.1, 0.15) is 5.56 Å². The van der Waals surface area contributed by atoms with E-state index in [1.807, 2.05) is 6.92 Å². The molecule has 0 aliphatic heterocycles. The van der Waals surface area contributed by atoms with E-state index in [9.17, 15) is 5.11 Å². The van der Waals surface area contributed by atoms with Gasteiger partial charge in [0, 0.05) is 4.47 Å². The molecule has 1 rings (SSSR count). The quantitative estimate of drug-likeness (QED) is 0.595. The Bertz CT molecular complexity index is 273. The topological polar surface area (TPSA) is 20.2 Å². The van der Waals surface area contributed by atoms with E-state index in [2.05, 4.69) is 15.9 Å². The second kappa shape index (κ2) is 2.94. The van der Waals surface area contributed by atoms with E-state index in [1.54, 1.807) is 6.07 Å². The lowest BCUT2D eigenvalue weighted by atomic mass is 9.84. The zero-order valence-corrected chi connectivity index (χ0v) is 7.64. The summed E-state index contributed by atoms with van der Waals surface area (Å²) in [6, 6.07) is 1.66. The Kier molecular flexibility index (Phi) is 2.33. The zero-order valence-electron chi connectivity index (χ0n) is 6.06. The van der Waals surface area contributed by atoms with Crippen LogP contribution in [0.4, 0.5) is 0 Å². The molecule has 1 nitrogen and oxygen atoms in total. The molecular formula is C7H5B2BrO. The molecule has 0 bridgehead atoms. The molecule has 0 unspecified atom stereocenters. The first-order valence-corrected chi connectivity index (χ1v) is 3.86. The van der Waals surface area contributed by atoms with Crippen LogP contribution < -0.4 is 10.9 Å². The van der Waals surface area contributed by atoms with Crippen LogP contribution in [0, 0.1) is 6.92 Å². The van der Waals surface area contributed by atoms with Gasteiger partial charge in [-0.1, -0.05) is 27.5 Å². The van der Waals surface area contributed by atoms with Crippen molar-refractivity contribution < 1.29 is 5.11 Å². The van der Waals surface area contributed by atoms with Gasteiger partial charge >= 0.3 is 0 Å². The summed E-state index contributed by atoms with van der Waals surface area (Å²) in [4.78, 5) is 0. The summed E-state index contributed by atoms with van der Waals surface area (Å²) in [6.45, 7) is 1.86. The molecule has 0 spiro atoms. The molecule has 0 heterocycles. The van der Waals surface area contributed by atoms with E-state index in [1.165, 1.54) is 0 Å². The van der Waals surface area contributed by atoms with Crippen molar-refractivity contribution in [1.82, 2.24) is 0 Å². The Morgan fingerprint density at radius 3 is 2.55 bits per heavy atom. The van der Waals surface area contributed by atoms with Crippen LogP contribution in [0.25, 0.3) is 0 Å². The second-order valence-corrected chi connectivity index (χ2v) is 3.15. The molecule has 0 aliphatic rings. The molecule has 4 radical (unpaired) electrons. The summed E-state index contributed by atoms with van der Waals surface area (Å²) < 4.78 is 0.698. The van der Waals surface area contributed by atoms with Crippen molar-refractivity contribution in [3.8, 4) is 5.75 Å². The Morgan fingerprint density at radius 2 is 2.00 bits per heavy atom. The summed E-state index contributed by atoms with van der Waals surface area (Å²) in [5.41, 5.74) is 1.52. The highest BCUT2D eigenvalue weighted by molar-refractivity contribution is 9.10. The van der Waals surface area contributed by atoms with Gasteiger partial charge in [-0.25, -0.2) is 0 Å². The van der Waals surface area contributed by atoms with E-state index < -0.39 is 0 Å². The third-order valence-corrected chi connectivity index (χ3v) is 2.54. The molecule has 0 saturated carbocycles. The van der Waals surface area contributed by atoms with E-state index in [-0.39, 0.29) is 5.75 Å². The normalized spacial score (nSPS) is 10.0. The number of aromatic hydroxyl groups is 1.